The number of ether oxygens (including phenoxy) is 1. The van der Waals surface area contributed by atoms with Gasteiger partial charge in [-0.2, -0.15) is 0 Å². The molecule has 0 bridgehead atoms. The maximum Gasteiger partial charge on any atom is 0.310 e. The quantitative estimate of drug-likeness (QED) is 0.776. The minimum atomic E-state index is -0.281. The summed E-state index contributed by atoms with van der Waals surface area (Å²) in [5.41, 5.74) is -0.214. The smallest absolute Gasteiger partial charge is 0.310 e. The van der Waals surface area contributed by atoms with E-state index >= 15 is 0 Å². The molecule has 2 aromatic heterocycles. The number of thiophene rings is 1. The van der Waals surface area contributed by atoms with Gasteiger partial charge in [0, 0.05) is 13.1 Å². The summed E-state index contributed by atoms with van der Waals surface area (Å²) in [6.45, 7) is 2.99. The van der Waals surface area contributed by atoms with E-state index in [4.69, 9.17) is 4.74 Å². The number of nitrogens with zero attached hydrogens (tertiary/aromatic N) is 3. The molecule has 1 amide bonds. The lowest BCUT2D eigenvalue weighted by atomic mass is 9.98. The Morgan fingerprint density at radius 1 is 1.46 bits per heavy atom. The minimum Gasteiger partial charge on any atom is -0.466 e. The maximum atomic E-state index is 12.5. The van der Waals surface area contributed by atoms with Gasteiger partial charge in [0.25, 0.3) is 5.56 Å². The summed E-state index contributed by atoms with van der Waals surface area (Å²) in [5.74, 6) is -0.715. The van der Waals surface area contributed by atoms with Crippen LogP contribution < -0.4 is 5.56 Å². The minimum absolute atomic E-state index is 0.0623. The van der Waals surface area contributed by atoms with Gasteiger partial charge in [0.2, 0.25) is 5.91 Å². The second-order valence-electron chi connectivity index (χ2n) is 5.75. The van der Waals surface area contributed by atoms with E-state index in [2.05, 4.69) is 4.98 Å². The Morgan fingerprint density at radius 2 is 2.29 bits per heavy atom. The van der Waals surface area contributed by atoms with Gasteiger partial charge in [-0.25, -0.2) is 4.98 Å². The van der Waals surface area contributed by atoms with E-state index in [9.17, 15) is 14.4 Å². The summed E-state index contributed by atoms with van der Waals surface area (Å²) < 4.78 is 6.37. The van der Waals surface area contributed by atoms with Gasteiger partial charge in [0.15, 0.2) is 0 Å². The predicted octanol–water partition coefficient (Wildman–Crippen LogP) is 1.26. The van der Waals surface area contributed by atoms with Gasteiger partial charge < -0.3 is 9.64 Å². The zero-order valence-electron chi connectivity index (χ0n) is 13.4. The van der Waals surface area contributed by atoms with Crippen molar-refractivity contribution in [1.29, 1.82) is 0 Å². The molecule has 0 radical (unpaired) electrons. The first-order valence-corrected chi connectivity index (χ1v) is 8.85. The van der Waals surface area contributed by atoms with E-state index in [1.165, 1.54) is 22.2 Å². The van der Waals surface area contributed by atoms with Gasteiger partial charge in [-0.05, 0) is 31.2 Å². The predicted molar refractivity (Wildman–Crippen MR) is 89.8 cm³/mol. The van der Waals surface area contributed by atoms with Crippen LogP contribution in [0.3, 0.4) is 0 Å². The molecule has 0 aromatic carbocycles. The molecular formula is C16H19N3O4S. The molecule has 128 valence electrons. The van der Waals surface area contributed by atoms with Crippen molar-refractivity contribution in [2.45, 2.75) is 26.3 Å². The highest BCUT2D eigenvalue weighted by molar-refractivity contribution is 7.16. The molecule has 1 fully saturated rings. The van der Waals surface area contributed by atoms with Crippen molar-refractivity contribution in [2.75, 3.05) is 19.7 Å². The fraction of sp³-hybridized carbons (Fsp3) is 0.500. The fourth-order valence-corrected chi connectivity index (χ4v) is 3.63. The lowest BCUT2D eigenvalue weighted by Crippen LogP contribution is -2.45. The Bertz CT molecular complexity index is 813. The van der Waals surface area contributed by atoms with Gasteiger partial charge in [-0.3, -0.25) is 19.0 Å². The summed E-state index contributed by atoms with van der Waals surface area (Å²) in [6, 6.07) is 1.72. The Balaban J connectivity index is 1.70. The first-order chi connectivity index (χ1) is 11.6. The molecule has 0 saturated carbocycles. The molecular weight excluding hydrogens is 330 g/mol. The molecule has 0 spiro atoms. The van der Waals surface area contributed by atoms with Crippen molar-refractivity contribution in [3.63, 3.8) is 0 Å². The lowest BCUT2D eigenvalue weighted by molar-refractivity contribution is -0.151. The van der Waals surface area contributed by atoms with Crippen molar-refractivity contribution in [2.24, 2.45) is 5.92 Å². The van der Waals surface area contributed by atoms with Crippen LogP contribution in [0.2, 0.25) is 0 Å². The number of aromatic nitrogens is 2. The molecule has 2 aromatic rings. The van der Waals surface area contributed by atoms with Crippen molar-refractivity contribution in [1.82, 2.24) is 14.5 Å². The van der Waals surface area contributed by atoms with Gasteiger partial charge in [-0.1, -0.05) is 0 Å². The van der Waals surface area contributed by atoms with E-state index in [-0.39, 0.29) is 29.9 Å². The van der Waals surface area contributed by atoms with Crippen molar-refractivity contribution in [3.8, 4) is 0 Å². The van der Waals surface area contributed by atoms with Gasteiger partial charge >= 0.3 is 5.97 Å². The lowest BCUT2D eigenvalue weighted by Gasteiger charge is -2.31. The largest absolute Gasteiger partial charge is 0.466 e. The highest BCUT2D eigenvalue weighted by Crippen LogP contribution is 2.18. The molecule has 8 heteroatoms. The molecule has 1 aliphatic heterocycles. The van der Waals surface area contributed by atoms with Crippen LogP contribution in [0.4, 0.5) is 0 Å². The Hall–Kier alpha value is -2.22. The zero-order chi connectivity index (χ0) is 17.1. The van der Waals surface area contributed by atoms with E-state index in [1.54, 1.807) is 23.3 Å². The van der Waals surface area contributed by atoms with Crippen LogP contribution in [-0.4, -0.2) is 46.0 Å². The van der Waals surface area contributed by atoms with E-state index in [0.717, 1.165) is 12.8 Å². The number of hydrogen-bond donors (Lipinski definition) is 0. The number of esters is 1. The Morgan fingerprint density at radius 3 is 3.08 bits per heavy atom. The van der Waals surface area contributed by atoms with Crippen LogP contribution >= 0.6 is 11.3 Å². The Kier molecular flexibility index (Phi) is 4.94. The molecule has 7 nitrogen and oxygen atoms in total. The van der Waals surface area contributed by atoms with Crippen molar-refractivity contribution < 1.29 is 14.3 Å². The average Bonchev–Trinajstić information content (AvgIpc) is 3.07. The zero-order valence-corrected chi connectivity index (χ0v) is 14.3. The number of likely N-dealkylation sites (tertiary alicyclic amines) is 1. The summed E-state index contributed by atoms with van der Waals surface area (Å²) in [6.07, 6.45) is 2.89. The van der Waals surface area contributed by atoms with Crippen molar-refractivity contribution >= 4 is 33.4 Å². The molecule has 1 saturated heterocycles. The SMILES string of the molecule is CCOC(=O)C1CCCN(C(=O)Cn2cnc3sccc3c2=O)C1. The van der Waals surface area contributed by atoms with Crippen LogP contribution in [-0.2, 0) is 20.9 Å². The van der Waals surface area contributed by atoms with Crippen molar-refractivity contribution in [3.05, 3.63) is 28.1 Å². The average molecular weight is 349 g/mol. The number of rotatable bonds is 4. The third-order valence-electron chi connectivity index (χ3n) is 4.15. The van der Waals surface area contributed by atoms with E-state index in [1.807, 2.05) is 0 Å². The molecule has 0 aliphatic carbocycles. The third kappa shape index (κ3) is 3.33. The first kappa shape index (κ1) is 16.6. The molecule has 1 unspecified atom stereocenters. The van der Waals surface area contributed by atoms with Crippen LogP contribution in [0.1, 0.15) is 19.8 Å². The summed E-state index contributed by atoms with van der Waals surface area (Å²) in [5, 5.41) is 2.33. The first-order valence-electron chi connectivity index (χ1n) is 7.97. The monoisotopic (exact) mass is 349 g/mol. The third-order valence-corrected chi connectivity index (χ3v) is 4.97. The Labute approximate surface area is 142 Å². The molecule has 3 heterocycles. The highest BCUT2D eigenvalue weighted by atomic mass is 32.1. The van der Waals surface area contributed by atoms with Crippen LogP contribution in [0.15, 0.2) is 22.6 Å². The fourth-order valence-electron chi connectivity index (χ4n) is 2.91. The number of carbonyl (C=O) groups is 2. The molecule has 1 atom stereocenters. The van der Waals surface area contributed by atoms with Gasteiger partial charge in [-0.15, -0.1) is 11.3 Å². The second-order valence-corrected chi connectivity index (χ2v) is 6.64. The number of fused-ring (bicyclic) bond motifs is 1. The topological polar surface area (TPSA) is 81.5 Å². The summed E-state index contributed by atoms with van der Waals surface area (Å²) in [4.78, 5) is 43.2. The highest BCUT2D eigenvalue weighted by Gasteiger charge is 2.29. The summed E-state index contributed by atoms with van der Waals surface area (Å²) >= 11 is 1.39. The molecule has 24 heavy (non-hydrogen) atoms. The number of carbonyl (C=O) groups excluding carboxylic acids is 2. The molecule has 0 N–H and O–H groups in total. The van der Waals surface area contributed by atoms with Gasteiger partial charge in [0.05, 0.1) is 24.2 Å². The van der Waals surface area contributed by atoms with Crippen LogP contribution in [0.5, 0.6) is 0 Å². The number of hydrogen-bond acceptors (Lipinski definition) is 6. The number of amides is 1. The standard InChI is InChI=1S/C16H19N3O4S/c1-2-23-16(22)11-4-3-6-18(8-11)13(20)9-19-10-17-14-12(15(19)21)5-7-24-14/h5,7,10-11H,2-4,6,8-9H2,1H3. The molecule has 3 rings (SSSR count). The summed E-state index contributed by atoms with van der Waals surface area (Å²) in [7, 11) is 0. The van der Waals surface area contributed by atoms with Crippen LogP contribution in [0, 0.1) is 5.92 Å². The van der Waals surface area contributed by atoms with Crippen LogP contribution in [0.25, 0.3) is 10.2 Å². The molecule has 1 aliphatic rings. The normalized spacial score (nSPS) is 17.9. The van der Waals surface area contributed by atoms with Gasteiger partial charge in [0.1, 0.15) is 11.4 Å². The second kappa shape index (κ2) is 7.12. The maximum absolute atomic E-state index is 12.5. The van der Waals surface area contributed by atoms with E-state index < -0.39 is 0 Å². The van der Waals surface area contributed by atoms with E-state index in [0.29, 0.717) is 29.9 Å². The number of piperidine rings is 1.